The van der Waals surface area contributed by atoms with Crippen molar-refractivity contribution in [2.24, 2.45) is 11.8 Å². The Morgan fingerprint density at radius 1 is 1.53 bits per heavy atom. The van der Waals surface area contributed by atoms with Crippen LogP contribution in [0.1, 0.15) is 33.1 Å². The van der Waals surface area contributed by atoms with Gasteiger partial charge in [-0.15, -0.1) is 0 Å². The van der Waals surface area contributed by atoms with Gasteiger partial charge in [0.1, 0.15) is 0 Å². The number of likely N-dealkylation sites (tertiary alicyclic amines) is 1. The highest BCUT2D eigenvalue weighted by Gasteiger charge is 2.22. The minimum atomic E-state index is 0.0343. The number of urea groups is 1. The van der Waals surface area contributed by atoms with E-state index in [4.69, 9.17) is 5.11 Å². The number of amides is 2. The van der Waals surface area contributed by atoms with Gasteiger partial charge in [0, 0.05) is 26.2 Å². The molecule has 1 unspecified atom stereocenters. The molecule has 0 aromatic carbocycles. The lowest BCUT2D eigenvalue weighted by Gasteiger charge is -2.31. The molecule has 1 fully saturated rings. The maximum atomic E-state index is 11.9. The molecule has 1 aliphatic heterocycles. The average Bonchev–Trinajstić information content (AvgIpc) is 2.42. The summed E-state index contributed by atoms with van der Waals surface area (Å²) in [4.78, 5) is 13.8. The summed E-state index contributed by atoms with van der Waals surface area (Å²) in [6.45, 7) is 6.92. The van der Waals surface area contributed by atoms with Crippen LogP contribution in [0.4, 0.5) is 4.79 Å². The molecule has 1 heterocycles. The summed E-state index contributed by atoms with van der Waals surface area (Å²) in [6, 6.07) is 0.0343. The summed E-state index contributed by atoms with van der Waals surface area (Å²) >= 11 is 1.95. The third-order valence-corrected chi connectivity index (χ3v) is 4.74. The summed E-state index contributed by atoms with van der Waals surface area (Å²) in [7, 11) is 0. The number of hydrogen-bond acceptors (Lipinski definition) is 3. The summed E-state index contributed by atoms with van der Waals surface area (Å²) in [5.41, 5.74) is 0. The lowest BCUT2D eigenvalue weighted by Crippen LogP contribution is -2.46. The monoisotopic (exact) mass is 288 g/mol. The van der Waals surface area contributed by atoms with E-state index in [1.807, 2.05) is 16.7 Å². The van der Waals surface area contributed by atoms with Crippen molar-refractivity contribution in [1.29, 1.82) is 0 Å². The van der Waals surface area contributed by atoms with E-state index in [9.17, 15) is 4.79 Å². The number of aliphatic hydroxyl groups excluding tert-OH is 1. The smallest absolute Gasteiger partial charge is 0.317 e. The van der Waals surface area contributed by atoms with Gasteiger partial charge in [-0.05, 0) is 42.6 Å². The van der Waals surface area contributed by atoms with Crippen molar-refractivity contribution >= 4 is 17.8 Å². The van der Waals surface area contributed by atoms with Gasteiger partial charge in [0.2, 0.25) is 0 Å². The van der Waals surface area contributed by atoms with Gasteiger partial charge >= 0.3 is 6.03 Å². The van der Waals surface area contributed by atoms with Gasteiger partial charge in [-0.1, -0.05) is 13.8 Å². The second-order valence-corrected chi connectivity index (χ2v) is 6.84. The van der Waals surface area contributed by atoms with Gasteiger partial charge in [-0.3, -0.25) is 0 Å². The number of aliphatic hydroxyl groups is 1. The molecule has 0 bridgehead atoms. The molecule has 0 aliphatic carbocycles. The van der Waals surface area contributed by atoms with Crippen molar-refractivity contribution in [2.45, 2.75) is 33.1 Å². The SMILES string of the molecule is CC(C)CSCCCNC(=O)N1CCCC(CO)C1. The first-order valence-electron chi connectivity index (χ1n) is 7.35. The molecule has 2 amide bonds. The normalized spacial score (nSPS) is 19.8. The van der Waals surface area contributed by atoms with Gasteiger partial charge in [0.05, 0.1) is 0 Å². The van der Waals surface area contributed by atoms with Crippen LogP contribution in [0.2, 0.25) is 0 Å². The third-order valence-electron chi connectivity index (χ3n) is 3.26. The van der Waals surface area contributed by atoms with E-state index in [0.717, 1.165) is 44.0 Å². The molecular weight excluding hydrogens is 260 g/mol. The number of thioether (sulfide) groups is 1. The Hall–Kier alpha value is -0.420. The molecule has 112 valence electrons. The van der Waals surface area contributed by atoms with Crippen molar-refractivity contribution in [3.05, 3.63) is 0 Å². The number of nitrogens with one attached hydrogen (secondary N) is 1. The molecule has 4 nitrogen and oxygen atoms in total. The van der Waals surface area contributed by atoms with Crippen LogP contribution in [0, 0.1) is 11.8 Å². The Balaban J connectivity index is 2.07. The van der Waals surface area contributed by atoms with Gasteiger partial charge in [0.25, 0.3) is 0 Å². The molecule has 1 saturated heterocycles. The van der Waals surface area contributed by atoms with E-state index in [1.165, 1.54) is 5.75 Å². The highest BCUT2D eigenvalue weighted by atomic mass is 32.2. The van der Waals surface area contributed by atoms with Gasteiger partial charge in [0.15, 0.2) is 0 Å². The highest BCUT2D eigenvalue weighted by Crippen LogP contribution is 2.15. The summed E-state index contributed by atoms with van der Waals surface area (Å²) in [6.07, 6.45) is 3.06. The zero-order chi connectivity index (χ0) is 14.1. The zero-order valence-corrected chi connectivity index (χ0v) is 13.0. The Morgan fingerprint density at radius 2 is 2.32 bits per heavy atom. The van der Waals surface area contributed by atoms with E-state index >= 15 is 0 Å². The highest BCUT2D eigenvalue weighted by molar-refractivity contribution is 7.99. The fourth-order valence-electron chi connectivity index (χ4n) is 2.20. The first-order valence-corrected chi connectivity index (χ1v) is 8.50. The lowest BCUT2D eigenvalue weighted by molar-refractivity contribution is 0.129. The van der Waals surface area contributed by atoms with Crippen LogP contribution >= 0.6 is 11.8 Å². The number of rotatable bonds is 7. The second kappa shape index (κ2) is 9.48. The topological polar surface area (TPSA) is 52.6 Å². The van der Waals surface area contributed by atoms with Crippen LogP contribution in [0.3, 0.4) is 0 Å². The summed E-state index contributed by atoms with van der Waals surface area (Å²) < 4.78 is 0. The first-order chi connectivity index (χ1) is 9.13. The predicted octanol–water partition coefficient (Wildman–Crippen LogP) is 2.18. The molecule has 1 aliphatic rings. The Labute approximate surface area is 121 Å². The van der Waals surface area contributed by atoms with Crippen LogP contribution in [0.25, 0.3) is 0 Å². The zero-order valence-electron chi connectivity index (χ0n) is 12.2. The fraction of sp³-hybridized carbons (Fsp3) is 0.929. The minimum absolute atomic E-state index is 0.0343. The molecule has 1 rings (SSSR count). The summed E-state index contributed by atoms with van der Waals surface area (Å²) in [5.74, 6) is 3.31. The molecule has 5 heteroatoms. The summed E-state index contributed by atoms with van der Waals surface area (Å²) in [5, 5.41) is 12.1. The van der Waals surface area contributed by atoms with Crippen LogP contribution in [0.15, 0.2) is 0 Å². The van der Waals surface area contributed by atoms with Crippen LogP contribution in [-0.4, -0.2) is 53.8 Å². The molecular formula is C14H28N2O2S. The van der Waals surface area contributed by atoms with Crippen LogP contribution < -0.4 is 5.32 Å². The number of hydrogen-bond donors (Lipinski definition) is 2. The van der Waals surface area contributed by atoms with Crippen LogP contribution in [-0.2, 0) is 0 Å². The number of carbonyl (C=O) groups excluding carboxylic acids is 1. The Morgan fingerprint density at radius 3 is 3.00 bits per heavy atom. The molecule has 0 saturated carbocycles. The van der Waals surface area contributed by atoms with Crippen molar-refractivity contribution < 1.29 is 9.90 Å². The number of piperidine rings is 1. The van der Waals surface area contributed by atoms with E-state index in [2.05, 4.69) is 19.2 Å². The molecule has 2 N–H and O–H groups in total. The second-order valence-electron chi connectivity index (χ2n) is 5.69. The number of carbonyl (C=O) groups is 1. The third kappa shape index (κ3) is 7.06. The van der Waals surface area contributed by atoms with Gasteiger partial charge < -0.3 is 15.3 Å². The molecule has 1 atom stereocenters. The molecule has 19 heavy (non-hydrogen) atoms. The number of nitrogens with zero attached hydrogens (tertiary/aromatic N) is 1. The lowest BCUT2D eigenvalue weighted by atomic mass is 9.99. The Kier molecular flexibility index (Phi) is 8.30. The van der Waals surface area contributed by atoms with Crippen molar-refractivity contribution in [1.82, 2.24) is 10.2 Å². The predicted molar refractivity (Wildman–Crippen MR) is 81.6 cm³/mol. The first kappa shape index (κ1) is 16.6. The quantitative estimate of drug-likeness (QED) is 0.706. The maximum absolute atomic E-state index is 11.9. The largest absolute Gasteiger partial charge is 0.396 e. The molecule has 0 aromatic heterocycles. The average molecular weight is 288 g/mol. The molecule has 0 spiro atoms. The van der Waals surface area contributed by atoms with Gasteiger partial charge in [-0.25, -0.2) is 4.79 Å². The molecule has 0 radical (unpaired) electrons. The fourth-order valence-corrected chi connectivity index (χ4v) is 3.19. The van der Waals surface area contributed by atoms with Crippen LogP contribution in [0.5, 0.6) is 0 Å². The van der Waals surface area contributed by atoms with E-state index in [0.29, 0.717) is 6.54 Å². The minimum Gasteiger partial charge on any atom is -0.396 e. The Bertz CT molecular complexity index is 262. The van der Waals surface area contributed by atoms with E-state index in [-0.39, 0.29) is 18.6 Å². The molecule has 0 aromatic rings. The van der Waals surface area contributed by atoms with Gasteiger partial charge in [-0.2, -0.15) is 11.8 Å². The van der Waals surface area contributed by atoms with E-state index < -0.39 is 0 Å². The standard InChI is InChI=1S/C14H28N2O2S/c1-12(2)11-19-8-4-6-15-14(18)16-7-3-5-13(9-16)10-17/h12-13,17H,3-11H2,1-2H3,(H,15,18). The van der Waals surface area contributed by atoms with E-state index in [1.54, 1.807) is 0 Å². The van der Waals surface area contributed by atoms with Crippen molar-refractivity contribution in [3.63, 3.8) is 0 Å². The van der Waals surface area contributed by atoms with Crippen molar-refractivity contribution in [3.8, 4) is 0 Å². The maximum Gasteiger partial charge on any atom is 0.317 e. The van der Waals surface area contributed by atoms with Crippen molar-refractivity contribution in [2.75, 3.05) is 37.7 Å².